The number of sulfonamides is 1. The summed E-state index contributed by atoms with van der Waals surface area (Å²) in [6, 6.07) is 10.2. The number of piperidine rings is 1. The lowest BCUT2D eigenvalue weighted by molar-refractivity contribution is -0.121. The molecule has 0 bridgehead atoms. The SMILES string of the molecule is O=C(CCC(=O)c1cccs1)NCc1ccc(S(=O)(=O)N2CCCCC2)cc1. The largest absolute Gasteiger partial charge is 0.352 e. The molecule has 1 fully saturated rings. The number of amides is 1. The zero-order valence-electron chi connectivity index (χ0n) is 15.6. The van der Waals surface area contributed by atoms with E-state index in [0.717, 1.165) is 24.8 Å². The van der Waals surface area contributed by atoms with Crippen LogP contribution < -0.4 is 5.32 Å². The summed E-state index contributed by atoms with van der Waals surface area (Å²) in [4.78, 5) is 24.8. The Morgan fingerprint density at radius 3 is 2.36 bits per heavy atom. The van der Waals surface area contributed by atoms with Gasteiger partial charge in [0.1, 0.15) is 0 Å². The molecular weight excluding hydrogens is 396 g/mol. The summed E-state index contributed by atoms with van der Waals surface area (Å²) >= 11 is 1.37. The molecule has 1 amide bonds. The Kier molecular flexibility index (Phi) is 6.98. The van der Waals surface area contributed by atoms with E-state index >= 15 is 0 Å². The highest BCUT2D eigenvalue weighted by molar-refractivity contribution is 7.89. The van der Waals surface area contributed by atoms with Gasteiger partial charge in [-0.3, -0.25) is 9.59 Å². The number of rotatable bonds is 8. The number of thiophene rings is 1. The van der Waals surface area contributed by atoms with E-state index < -0.39 is 10.0 Å². The van der Waals surface area contributed by atoms with Crippen molar-refractivity contribution >= 4 is 33.1 Å². The predicted octanol–water partition coefficient (Wildman–Crippen LogP) is 3.20. The first kappa shape index (κ1) is 20.7. The average molecular weight is 421 g/mol. The van der Waals surface area contributed by atoms with Crippen LogP contribution in [0.5, 0.6) is 0 Å². The fourth-order valence-corrected chi connectivity index (χ4v) is 5.32. The fraction of sp³-hybridized carbons (Fsp3) is 0.400. The number of carbonyl (C=O) groups is 2. The first-order valence-electron chi connectivity index (χ1n) is 9.39. The Hall–Kier alpha value is -2.03. The maximum Gasteiger partial charge on any atom is 0.243 e. The van der Waals surface area contributed by atoms with E-state index in [0.29, 0.717) is 24.5 Å². The summed E-state index contributed by atoms with van der Waals surface area (Å²) in [6.45, 7) is 1.45. The van der Waals surface area contributed by atoms with Gasteiger partial charge in [-0.1, -0.05) is 24.6 Å². The number of ketones is 1. The Morgan fingerprint density at radius 2 is 1.71 bits per heavy atom. The molecule has 0 unspecified atom stereocenters. The summed E-state index contributed by atoms with van der Waals surface area (Å²) in [7, 11) is -3.44. The van der Waals surface area contributed by atoms with Crippen LogP contribution in [0.2, 0.25) is 0 Å². The van der Waals surface area contributed by atoms with Crippen molar-refractivity contribution in [2.45, 2.75) is 43.5 Å². The van der Waals surface area contributed by atoms with Gasteiger partial charge in [0, 0.05) is 32.5 Å². The molecule has 1 aliphatic heterocycles. The van der Waals surface area contributed by atoms with Gasteiger partial charge in [0.15, 0.2) is 5.78 Å². The second-order valence-corrected chi connectivity index (χ2v) is 9.67. The molecule has 8 heteroatoms. The van der Waals surface area contributed by atoms with Gasteiger partial charge in [0.25, 0.3) is 0 Å². The summed E-state index contributed by atoms with van der Waals surface area (Å²) in [5.41, 5.74) is 0.815. The Labute approximate surface area is 169 Å². The van der Waals surface area contributed by atoms with Crippen molar-refractivity contribution < 1.29 is 18.0 Å². The normalized spacial score (nSPS) is 15.3. The van der Waals surface area contributed by atoms with Crippen LogP contribution in [0, 0.1) is 0 Å². The van der Waals surface area contributed by atoms with Crippen LogP contribution >= 0.6 is 11.3 Å². The van der Waals surface area contributed by atoms with Crippen LogP contribution in [-0.2, 0) is 21.4 Å². The van der Waals surface area contributed by atoms with Gasteiger partial charge in [-0.15, -0.1) is 11.3 Å². The van der Waals surface area contributed by atoms with E-state index in [-0.39, 0.29) is 29.4 Å². The van der Waals surface area contributed by atoms with E-state index in [1.165, 1.54) is 15.6 Å². The smallest absolute Gasteiger partial charge is 0.243 e. The predicted molar refractivity (Wildman–Crippen MR) is 109 cm³/mol. The summed E-state index contributed by atoms with van der Waals surface area (Å²) in [5.74, 6) is -0.229. The van der Waals surface area contributed by atoms with Crippen LogP contribution in [-0.4, -0.2) is 37.5 Å². The van der Waals surface area contributed by atoms with E-state index in [4.69, 9.17) is 0 Å². The highest BCUT2D eigenvalue weighted by Gasteiger charge is 2.25. The second kappa shape index (κ2) is 9.45. The number of hydrogen-bond acceptors (Lipinski definition) is 5. The van der Waals surface area contributed by atoms with E-state index in [9.17, 15) is 18.0 Å². The number of carbonyl (C=O) groups excluding carboxylic acids is 2. The molecule has 1 aliphatic rings. The molecule has 0 aliphatic carbocycles. The molecule has 28 heavy (non-hydrogen) atoms. The molecule has 1 saturated heterocycles. The third-order valence-corrected chi connectivity index (χ3v) is 7.56. The number of nitrogens with zero attached hydrogens (tertiary/aromatic N) is 1. The van der Waals surface area contributed by atoms with Crippen LogP contribution in [0.15, 0.2) is 46.7 Å². The van der Waals surface area contributed by atoms with Gasteiger partial charge < -0.3 is 5.32 Å². The van der Waals surface area contributed by atoms with Gasteiger partial charge in [-0.25, -0.2) is 8.42 Å². The number of nitrogens with one attached hydrogen (secondary N) is 1. The van der Waals surface area contributed by atoms with E-state index in [2.05, 4.69) is 5.32 Å². The minimum Gasteiger partial charge on any atom is -0.352 e. The molecule has 2 aromatic rings. The third-order valence-electron chi connectivity index (χ3n) is 4.74. The summed E-state index contributed by atoms with van der Waals surface area (Å²) in [6.07, 6.45) is 3.19. The van der Waals surface area contributed by atoms with Crippen LogP contribution in [0.25, 0.3) is 0 Å². The van der Waals surface area contributed by atoms with Crippen molar-refractivity contribution in [1.29, 1.82) is 0 Å². The molecule has 1 aromatic heterocycles. The lowest BCUT2D eigenvalue weighted by atomic mass is 10.2. The molecule has 150 valence electrons. The van der Waals surface area contributed by atoms with Gasteiger partial charge in [0.05, 0.1) is 9.77 Å². The van der Waals surface area contributed by atoms with Crippen molar-refractivity contribution in [3.05, 3.63) is 52.2 Å². The zero-order chi connectivity index (χ0) is 20.0. The summed E-state index contributed by atoms with van der Waals surface area (Å²) < 4.78 is 26.8. The molecule has 1 aromatic carbocycles. The molecule has 1 N–H and O–H groups in total. The number of Topliss-reactive ketones (excluding diaryl/α,β-unsaturated/α-hetero) is 1. The van der Waals surface area contributed by atoms with Crippen LogP contribution in [0.1, 0.15) is 47.3 Å². The lowest BCUT2D eigenvalue weighted by Gasteiger charge is -2.25. The van der Waals surface area contributed by atoms with Crippen LogP contribution in [0.4, 0.5) is 0 Å². The molecule has 0 radical (unpaired) electrons. The van der Waals surface area contributed by atoms with Crippen molar-refractivity contribution in [3.63, 3.8) is 0 Å². The van der Waals surface area contributed by atoms with E-state index in [1.807, 2.05) is 11.4 Å². The molecule has 6 nitrogen and oxygen atoms in total. The van der Waals surface area contributed by atoms with E-state index in [1.54, 1.807) is 30.3 Å². The van der Waals surface area contributed by atoms with Crippen molar-refractivity contribution in [3.8, 4) is 0 Å². The minimum atomic E-state index is -3.44. The molecule has 0 spiro atoms. The highest BCUT2D eigenvalue weighted by atomic mass is 32.2. The van der Waals surface area contributed by atoms with Gasteiger partial charge in [-0.05, 0) is 42.0 Å². The lowest BCUT2D eigenvalue weighted by Crippen LogP contribution is -2.35. The number of benzene rings is 1. The highest BCUT2D eigenvalue weighted by Crippen LogP contribution is 2.21. The van der Waals surface area contributed by atoms with Gasteiger partial charge >= 0.3 is 0 Å². The minimum absolute atomic E-state index is 0.0302. The molecule has 0 saturated carbocycles. The van der Waals surface area contributed by atoms with Crippen molar-refractivity contribution in [1.82, 2.24) is 9.62 Å². The Bertz CT molecular complexity index is 900. The maximum atomic E-state index is 12.6. The first-order valence-corrected chi connectivity index (χ1v) is 11.7. The molecule has 3 rings (SSSR count). The second-order valence-electron chi connectivity index (χ2n) is 6.79. The molecular formula is C20H24N2O4S2. The van der Waals surface area contributed by atoms with Crippen molar-refractivity contribution in [2.24, 2.45) is 0 Å². The first-order chi connectivity index (χ1) is 13.5. The quantitative estimate of drug-likeness (QED) is 0.665. The fourth-order valence-electron chi connectivity index (χ4n) is 3.11. The van der Waals surface area contributed by atoms with Gasteiger partial charge in [0.2, 0.25) is 15.9 Å². The summed E-state index contributed by atoms with van der Waals surface area (Å²) in [5, 5.41) is 4.61. The Balaban J connectivity index is 1.48. The standard InChI is InChI=1S/C20H24N2O4S2/c23-18(19-5-4-14-27-19)10-11-20(24)21-15-16-6-8-17(9-7-16)28(25,26)22-12-2-1-3-13-22/h4-9,14H,1-3,10-13,15H2,(H,21,24). The molecule has 0 atom stereocenters. The third kappa shape index (κ3) is 5.27. The van der Waals surface area contributed by atoms with Gasteiger partial charge in [-0.2, -0.15) is 4.31 Å². The topological polar surface area (TPSA) is 83.5 Å². The molecule has 2 heterocycles. The van der Waals surface area contributed by atoms with Crippen molar-refractivity contribution in [2.75, 3.05) is 13.1 Å². The average Bonchev–Trinajstić information content (AvgIpc) is 3.26. The van der Waals surface area contributed by atoms with Crippen LogP contribution in [0.3, 0.4) is 0 Å². The maximum absolute atomic E-state index is 12.6. The Morgan fingerprint density at radius 1 is 1.00 bits per heavy atom. The zero-order valence-corrected chi connectivity index (χ0v) is 17.2. The monoisotopic (exact) mass is 420 g/mol. The number of hydrogen-bond donors (Lipinski definition) is 1.